The van der Waals surface area contributed by atoms with Crippen LogP contribution in [0.1, 0.15) is 26.3 Å². The molecule has 149 valence electrons. The van der Waals surface area contributed by atoms with Crippen molar-refractivity contribution in [2.75, 3.05) is 0 Å². The Morgan fingerprint density at radius 3 is 1.85 bits per heavy atom. The number of alkyl halides is 7. The van der Waals surface area contributed by atoms with Crippen molar-refractivity contribution < 1.29 is 35.1 Å². The number of benzene rings is 1. The Balaban J connectivity index is 2.84. The average molecular weight is 397 g/mol. The van der Waals surface area contributed by atoms with Gasteiger partial charge in [0.1, 0.15) is 5.82 Å². The van der Waals surface area contributed by atoms with Gasteiger partial charge in [0.15, 0.2) is 0 Å². The van der Waals surface area contributed by atoms with Gasteiger partial charge in [-0.2, -0.15) is 26.3 Å². The number of hydrogen-bond acceptors (Lipinski definition) is 0. The van der Waals surface area contributed by atoms with E-state index in [9.17, 15) is 35.1 Å². The van der Waals surface area contributed by atoms with E-state index in [-0.39, 0.29) is 11.1 Å². The summed E-state index contributed by atoms with van der Waals surface area (Å²) >= 11 is 0. The highest BCUT2D eigenvalue weighted by Crippen LogP contribution is 2.54. The number of hydrogen-bond donors (Lipinski definition) is 0. The van der Waals surface area contributed by atoms with Crippen molar-refractivity contribution in [2.45, 2.75) is 44.2 Å². The van der Waals surface area contributed by atoms with Crippen LogP contribution >= 0.6 is 0 Å². The molecule has 0 fully saturated rings. The molecule has 1 radical (unpaired) electrons. The van der Waals surface area contributed by atoms with Crippen LogP contribution in [-0.2, 0) is 5.41 Å². The minimum Gasteiger partial charge on any atom is -0.218 e. The largest absolute Gasteiger partial charge is 0.435 e. The standard InChI is InChI=1S/C19H17F8/c1-11(2)16(14-6-4-5-7-15(14)20)9-12(3)8-13(10-16)17(21,18(22,23)24)19(25,26)27/h4-11H,1-3H3. The van der Waals surface area contributed by atoms with Gasteiger partial charge in [-0.05, 0) is 24.5 Å². The lowest BCUT2D eigenvalue weighted by Gasteiger charge is -2.41. The Morgan fingerprint density at radius 1 is 0.889 bits per heavy atom. The maximum absolute atomic E-state index is 14.6. The van der Waals surface area contributed by atoms with Crippen LogP contribution in [-0.4, -0.2) is 18.0 Å². The molecule has 2 rings (SSSR count). The van der Waals surface area contributed by atoms with Crippen LogP contribution in [0.3, 0.4) is 0 Å². The Hall–Kier alpha value is -1.86. The summed E-state index contributed by atoms with van der Waals surface area (Å²) < 4.78 is 108. The molecule has 1 atom stereocenters. The van der Waals surface area contributed by atoms with Crippen LogP contribution in [0.25, 0.3) is 0 Å². The molecule has 0 N–H and O–H groups in total. The first kappa shape index (κ1) is 21.4. The monoisotopic (exact) mass is 397 g/mol. The molecular weight excluding hydrogens is 380 g/mol. The van der Waals surface area contributed by atoms with Gasteiger partial charge in [0, 0.05) is 17.4 Å². The van der Waals surface area contributed by atoms with Crippen LogP contribution in [0.2, 0.25) is 0 Å². The van der Waals surface area contributed by atoms with Gasteiger partial charge in [0.2, 0.25) is 0 Å². The molecule has 1 unspecified atom stereocenters. The second kappa shape index (κ2) is 6.63. The van der Waals surface area contributed by atoms with E-state index in [2.05, 4.69) is 0 Å². The van der Waals surface area contributed by atoms with Gasteiger partial charge < -0.3 is 0 Å². The minimum atomic E-state index is -6.23. The lowest BCUT2D eigenvalue weighted by atomic mass is 9.63. The van der Waals surface area contributed by atoms with E-state index in [1.165, 1.54) is 45.4 Å². The fraction of sp³-hybridized carbons (Fsp3) is 0.421. The van der Waals surface area contributed by atoms with Gasteiger partial charge in [0.25, 0.3) is 0 Å². The lowest BCUT2D eigenvalue weighted by molar-refractivity contribution is -0.325. The van der Waals surface area contributed by atoms with E-state index in [0.717, 1.165) is 6.07 Å². The quantitative estimate of drug-likeness (QED) is 0.502. The van der Waals surface area contributed by atoms with Crippen LogP contribution in [0.15, 0.2) is 47.6 Å². The number of rotatable bonds is 3. The van der Waals surface area contributed by atoms with Crippen molar-refractivity contribution in [1.29, 1.82) is 0 Å². The summed E-state index contributed by atoms with van der Waals surface area (Å²) in [6.45, 7) is 4.27. The Kier molecular flexibility index (Phi) is 5.27. The van der Waals surface area contributed by atoms with Gasteiger partial charge in [0.05, 0.1) is 0 Å². The summed E-state index contributed by atoms with van der Waals surface area (Å²) in [5, 5.41) is 0. The van der Waals surface area contributed by atoms with Crippen molar-refractivity contribution >= 4 is 0 Å². The normalized spacial score (nSPS) is 21.9. The molecule has 0 heterocycles. The second-order valence-electron chi connectivity index (χ2n) is 6.85. The summed E-state index contributed by atoms with van der Waals surface area (Å²) in [7, 11) is 0. The second-order valence-corrected chi connectivity index (χ2v) is 6.85. The zero-order valence-corrected chi connectivity index (χ0v) is 14.6. The molecule has 0 aliphatic heterocycles. The first-order valence-electron chi connectivity index (χ1n) is 8.01. The lowest BCUT2D eigenvalue weighted by Crippen LogP contribution is -2.55. The fourth-order valence-corrected chi connectivity index (χ4v) is 3.30. The minimum absolute atomic E-state index is 0.0278. The summed E-state index contributed by atoms with van der Waals surface area (Å²) in [6.07, 6.45) is -10.1. The smallest absolute Gasteiger partial charge is 0.218 e. The summed E-state index contributed by atoms with van der Waals surface area (Å²) in [4.78, 5) is 0. The van der Waals surface area contributed by atoms with Gasteiger partial charge >= 0.3 is 18.0 Å². The molecule has 0 spiro atoms. The van der Waals surface area contributed by atoms with Gasteiger partial charge in [-0.1, -0.05) is 49.8 Å². The van der Waals surface area contributed by atoms with Crippen molar-refractivity contribution in [3.63, 3.8) is 0 Å². The maximum atomic E-state index is 14.6. The number of halogens is 8. The molecule has 1 aliphatic rings. The Labute approximate surface area is 151 Å². The van der Waals surface area contributed by atoms with Crippen LogP contribution < -0.4 is 0 Å². The Bertz CT molecular complexity index is 753. The molecule has 1 aromatic rings. The highest BCUT2D eigenvalue weighted by Gasteiger charge is 2.74. The van der Waals surface area contributed by atoms with E-state index in [0.29, 0.717) is 12.2 Å². The summed E-state index contributed by atoms with van der Waals surface area (Å²) in [6, 6.07) is 5.06. The van der Waals surface area contributed by atoms with Crippen molar-refractivity contribution in [3.05, 3.63) is 65.4 Å². The van der Waals surface area contributed by atoms with E-state index >= 15 is 0 Å². The molecule has 0 bridgehead atoms. The average Bonchev–Trinajstić information content (AvgIpc) is 2.51. The molecule has 1 aromatic carbocycles. The van der Waals surface area contributed by atoms with Gasteiger partial charge in [-0.3, -0.25) is 0 Å². The first-order chi connectivity index (χ1) is 12.2. The van der Waals surface area contributed by atoms with Crippen molar-refractivity contribution in [1.82, 2.24) is 0 Å². The highest BCUT2D eigenvalue weighted by molar-refractivity contribution is 5.52. The Morgan fingerprint density at radius 2 is 1.41 bits per heavy atom. The molecule has 0 saturated carbocycles. The molecule has 1 aliphatic carbocycles. The molecular formula is C19H17F8. The summed E-state index contributed by atoms with van der Waals surface area (Å²) in [5.74, 6) is -1.46. The molecule has 0 saturated heterocycles. The highest BCUT2D eigenvalue weighted by atomic mass is 19.4. The predicted molar refractivity (Wildman–Crippen MR) is 85.0 cm³/mol. The molecule has 0 aromatic heterocycles. The third-order valence-corrected chi connectivity index (χ3v) is 4.72. The van der Waals surface area contributed by atoms with E-state index < -0.39 is 40.7 Å². The third kappa shape index (κ3) is 3.38. The molecule has 27 heavy (non-hydrogen) atoms. The summed E-state index contributed by atoms with van der Waals surface area (Å²) in [5.41, 5.74) is -9.00. The van der Waals surface area contributed by atoms with E-state index in [1.54, 1.807) is 0 Å². The number of allylic oxidation sites excluding steroid dienone is 4. The third-order valence-electron chi connectivity index (χ3n) is 4.72. The topological polar surface area (TPSA) is 0 Å². The SMILES string of the molecule is CC1=CC(C(F)(C(F)(F)F)C(F)(F)F)=CC(c2ccccc2F)(C(C)C)[CH]1. The van der Waals surface area contributed by atoms with E-state index in [4.69, 9.17) is 0 Å². The first-order valence-corrected chi connectivity index (χ1v) is 8.01. The predicted octanol–water partition coefficient (Wildman–Crippen LogP) is 6.64. The molecule has 0 nitrogen and oxygen atoms in total. The van der Waals surface area contributed by atoms with E-state index in [1.807, 2.05) is 0 Å². The maximum Gasteiger partial charge on any atom is 0.435 e. The molecule has 8 heteroatoms. The van der Waals surface area contributed by atoms with Gasteiger partial charge in [-0.25, -0.2) is 8.78 Å². The van der Waals surface area contributed by atoms with Crippen LogP contribution in [0, 0.1) is 18.2 Å². The van der Waals surface area contributed by atoms with Crippen molar-refractivity contribution in [2.24, 2.45) is 5.92 Å². The van der Waals surface area contributed by atoms with Crippen molar-refractivity contribution in [3.8, 4) is 0 Å². The zero-order chi connectivity index (χ0) is 20.8. The van der Waals surface area contributed by atoms with Crippen LogP contribution in [0.5, 0.6) is 0 Å². The van der Waals surface area contributed by atoms with Gasteiger partial charge in [-0.15, -0.1) is 0 Å². The van der Waals surface area contributed by atoms with Crippen LogP contribution in [0.4, 0.5) is 35.1 Å². The zero-order valence-electron chi connectivity index (χ0n) is 14.6. The fourth-order valence-electron chi connectivity index (χ4n) is 3.30. The molecule has 0 amide bonds.